The number of nitrogens with two attached hydrogens (primary N) is 1. The van der Waals surface area contributed by atoms with E-state index in [0.717, 1.165) is 28.2 Å². The summed E-state index contributed by atoms with van der Waals surface area (Å²) in [4.78, 5) is 12.7. The number of anilines is 1. The van der Waals surface area contributed by atoms with Gasteiger partial charge in [-0.25, -0.2) is 5.43 Å². The van der Waals surface area contributed by atoms with Gasteiger partial charge in [-0.1, -0.05) is 42.5 Å². The molecule has 6 nitrogen and oxygen atoms in total. The zero-order chi connectivity index (χ0) is 22.5. The molecule has 0 atom stereocenters. The highest BCUT2D eigenvalue weighted by molar-refractivity contribution is 7.18. The number of thiophene rings is 1. The van der Waals surface area contributed by atoms with E-state index in [1.807, 2.05) is 48.5 Å². The largest absolute Gasteiger partial charge is 0.489 e. The molecular weight excluding hydrogens is 420 g/mol. The summed E-state index contributed by atoms with van der Waals surface area (Å²) in [6, 6.07) is 23.8. The van der Waals surface area contributed by atoms with Crippen molar-refractivity contribution in [3.63, 3.8) is 0 Å². The van der Waals surface area contributed by atoms with Crippen LogP contribution in [0.2, 0.25) is 0 Å². The van der Waals surface area contributed by atoms with Crippen molar-refractivity contribution in [2.45, 2.75) is 13.5 Å². The topological polar surface area (TPSA) is 100 Å². The Hall–Kier alpha value is -4.15. The average Bonchev–Trinajstić information content (AvgIpc) is 3.11. The number of fused-ring (bicyclic) bond motifs is 1. The fourth-order valence-corrected chi connectivity index (χ4v) is 4.25. The van der Waals surface area contributed by atoms with Crippen LogP contribution in [0.1, 0.15) is 31.9 Å². The lowest BCUT2D eigenvalue weighted by Gasteiger charge is -2.09. The second-order valence-corrected chi connectivity index (χ2v) is 8.15. The van der Waals surface area contributed by atoms with E-state index in [1.54, 1.807) is 13.1 Å². The van der Waals surface area contributed by atoms with Crippen LogP contribution < -0.4 is 15.9 Å². The van der Waals surface area contributed by atoms with Gasteiger partial charge in [0.25, 0.3) is 5.91 Å². The van der Waals surface area contributed by atoms with Gasteiger partial charge >= 0.3 is 0 Å². The summed E-state index contributed by atoms with van der Waals surface area (Å²) in [7, 11) is 0. The number of ether oxygens (including phenoxy) is 1. The van der Waals surface area contributed by atoms with Crippen molar-refractivity contribution in [1.82, 2.24) is 5.43 Å². The molecule has 0 unspecified atom stereocenters. The minimum atomic E-state index is -0.396. The molecule has 1 amide bonds. The first-order valence-electron chi connectivity index (χ1n) is 9.88. The van der Waals surface area contributed by atoms with Crippen molar-refractivity contribution in [3.05, 3.63) is 93.9 Å². The summed E-state index contributed by atoms with van der Waals surface area (Å²) in [5.74, 6) is 0.347. The SMILES string of the molecule is Cc1c(C(=O)N/N=C\c2ccc(OCc3cccc4ccccc34)cc2)sc(N)c1C#N. The van der Waals surface area contributed by atoms with Crippen molar-refractivity contribution in [1.29, 1.82) is 5.26 Å². The number of nitrogen functional groups attached to an aromatic ring is 1. The molecule has 158 valence electrons. The molecule has 0 saturated heterocycles. The highest BCUT2D eigenvalue weighted by atomic mass is 32.1. The zero-order valence-electron chi connectivity index (χ0n) is 17.3. The third-order valence-corrected chi connectivity index (χ3v) is 6.15. The highest BCUT2D eigenvalue weighted by Crippen LogP contribution is 2.29. The van der Waals surface area contributed by atoms with Gasteiger partial charge in [0.05, 0.1) is 11.8 Å². The van der Waals surface area contributed by atoms with Crippen LogP contribution in [0.3, 0.4) is 0 Å². The molecule has 4 aromatic rings. The third-order valence-electron chi connectivity index (χ3n) is 5.03. The summed E-state index contributed by atoms with van der Waals surface area (Å²) in [6.07, 6.45) is 1.55. The van der Waals surface area contributed by atoms with Gasteiger partial charge in [-0.15, -0.1) is 11.3 Å². The molecule has 0 radical (unpaired) electrons. The molecule has 4 rings (SSSR count). The van der Waals surface area contributed by atoms with Crippen molar-refractivity contribution in [3.8, 4) is 11.8 Å². The Balaban J connectivity index is 1.36. The van der Waals surface area contributed by atoms with Crippen LogP contribution in [0.5, 0.6) is 5.75 Å². The number of hydrogen-bond acceptors (Lipinski definition) is 6. The van der Waals surface area contributed by atoms with Crippen molar-refractivity contribution < 1.29 is 9.53 Å². The zero-order valence-corrected chi connectivity index (χ0v) is 18.1. The van der Waals surface area contributed by atoms with Gasteiger partial charge in [-0.3, -0.25) is 4.79 Å². The maximum absolute atomic E-state index is 12.3. The fourth-order valence-electron chi connectivity index (χ4n) is 3.34. The van der Waals surface area contributed by atoms with E-state index < -0.39 is 5.91 Å². The number of carbonyl (C=O) groups excluding carboxylic acids is 1. The van der Waals surface area contributed by atoms with Crippen molar-refractivity contribution in [2.24, 2.45) is 5.10 Å². The minimum Gasteiger partial charge on any atom is -0.489 e. The number of carbonyl (C=O) groups is 1. The maximum Gasteiger partial charge on any atom is 0.281 e. The van der Waals surface area contributed by atoms with Gasteiger partial charge in [0.2, 0.25) is 0 Å². The van der Waals surface area contributed by atoms with Crippen LogP contribution in [0.4, 0.5) is 5.00 Å². The van der Waals surface area contributed by atoms with E-state index in [-0.39, 0.29) is 0 Å². The average molecular weight is 441 g/mol. The molecule has 0 aliphatic carbocycles. The first-order valence-corrected chi connectivity index (χ1v) is 10.7. The predicted molar refractivity (Wildman–Crippen MR) is 128 cm³/mol. The number of nitrogens with zero attached hydrogens (tertiary/aromatic N) is 2. The van der Waals surface area contributed by atoms with Crippen molar-refractivity contribution >= 4 is 39.2 Å². The second kappa shape index (κ2) is 9.33. The molecule has 0 spiro atoms. The van der Waals surface area contributed by atoms with E-state index in [4.69, 9.17) is 15.7 Å². The van der Waals surface area contributed by atoms with Crippen molar-refractivity contribution in [2.75, 3.05) is 5.73 Å². The smallest absolute Gasteiger partial charge is 0.281 e. The molecule has 0 aliphatic rings. The van der Waals surface area contributed by atoms with E-state index in [0.29, 0.717) is 27.6 Å². The summed E-state index contributed by atoms with van der Waals surface area (Å²) < 4.78 is 5.94. The number of nitrogens with one attached hydrogen (secondary N) is 1. The van der Waals surface area contributed by atoms with Gasteiger partial charge < -0.3 is 10.5 Å². The Kier molecular flexibility index (Phi) is 6.15. The lowest BCUT2D eigenvalue weighted by atomic mass is 10.1. The Bertz CT molecular complexity index is 1350. The lowest BCUT2D eigenvalue weighted by Crippen LogP contribution is -2.17. The number of nitriles is 1. The summed E-state index contributed by atoms with van der Waals surface area (Å²) in [5, 5.41) is 15.8. The van der Waals surface area contributed by atoms with E-state index in [2.05, 4.69) is 34.8 Å². The second-order valence-electron chi connectivity index (χ2n) is 7.10. The Morgan fingerprint density at radius 2 is 1.91 bits per heavy atom. The molecule has 0 aliphatic heterocycles. The molecule has 7 heteroatoms. The molecule has 0 bridgehead atoms. The predicted octanol–water partition coefficient (Wildman–Crippen LogP) is 5.01. The molecule has 0 fully saturated rings. The molecule has 3 aromatic carbocycles. The van der Waals surface area contributed by atoms with E-state index in [9.17, 15) is 4.79 Å². The molecule has 3 N–H and O–H groups in total. The van der Waals surface area contributed by atoms with Crippen LogP contribution in [-0.2, 0) is 6.61 Å². The monoisotopic (exact) mass is 440 g/mol. The first-order chi connectivity index (χ1) is 15.6. The first kappa shape index (κ1) is 21.1. The van der Waals surface area contributed by atoms with Gasteiger partial charge in [0.15, 0.2) is 0 Å². The van der Waals surface area contributed by atoms with Crippen LogP contribution >= 0.6 is 11.3 Å². The quantitative estimate of drug-likeness (QED) is 0.325. The molecule has 32 heavy (non-hydrogen) atoms. The van der Waals surface area contributed by atoms with E-state index in [1.165, 1.54) is 10.8 Å². The minimum absolute atomic E-state index is 0.332. The Morgan fingerprint density at radius 1 is 1.16 bits per heavy atom. The normalized spacial score (nSPS) is 10.9. The third kappa shape index (κ3) is 4.46. The van der Waals surface area contributed by atoms with Crippen LogP contribution in [0, 0.1) is 18.3 Å². The number of hydrazone groups is 1. The Morgan fingerprint density at radius 3 is 2.66 bits per heavy atom. The number of hydrogen-bond donors (Lipinski definition) is 2. The summed E-state index contributed by atoms with van der Waals surface area (Å²) in [6.45, 7) is 2.17. The van der Waals surface area contributed by atoms with Gasteiger partial charge in [0.1, 0.15) is 28.3 Å². The van der Waals surface area contributed by atoms with Crippen LogP contribution in [0.25, 0.3) is 10.8 Å². The number of amides is 1. The maximum atomic E-state index is 12.3. The molecule has 1 aromatic heterocycles. The Labute approximate surface area is 189 Å². The highest BCUT2D eigenvalue weighted by Gasteiger charge is 2.18. The lowest BCUT2D eigenvalue weighted by molar-refractivity contribution is 0.0958. The fraction of sp³-hybridized carbons (Fsp3) is 0.0800. The summed E-state index contributed by atoms with van der Waals surface area (Å²) in [5.41, 5.74) is 11.1. The standard InChI is InChI=1S/C25H20N4O2S/c1-16-22(13-26)24(27)32-23(16)25(30)29-28-14-17-9-11-20(12-10-17)31-15-19-7-4-6-18-5-2-3-8-21(18)19/h2-12,14H,15,27H2,1H3,(H,29,30)/b28-14-. The molecule has 0 saturated carbocycles. The molecular formula is C25H20N4O2S. The molecule has 1 heterocycles. The number of benzene rings is 3. The van der Waals surface area contributed by atoms with Gasteiger partial charge in [-0.05, 0) is 58.7 Å². The van der Waals surface area contributed by atoms with Crippen LogP contribution in [-0.4, -0.2) is 12.1 Å². The van der Waals surface area contributed by atoms with E-state index >= 15 is 0 Å². The van der Waals surface area contributed by atoms with Gasteiger partial charge in [-0.2, -0.15) is 10.4 Å². The number of rotatable bonds is 6. The van der Waals surface area contributed by atoms with Crippen LogP contribution in [0.15, 0.2) is 71.8 Å². The van der Waals surface area contributed by atoms with Gasteiger partial charge in [0, 0.05) is 0 Å². The summed E-state index contributed by atoms with van der Waals surface area (Å²) >= 11 is 1.08.